The maximum Gasteiger partial charge on any atom is 0.337 e. The first-order valence-electron chi connectivity index (χ1n) is 8.97. The standard InChI is InChI=1S/C21H22ClNO5/c1-4-8-28-21(26)17-11(2)23-14-6-5-7-15(24)19(14)18(17)12-9-13(22)20(25)16(10-12)27-3/h4,9-10,18,23,25H,1,5-8H2,2-3H3/t18-/m0/s1. The van der Waals surface area contributed by atoms with E-state index in [1.807, 2.05) is 0 Å². The summed E-state index contributed by atoms with van der Waals surface area (Å²) in [6, 6.07) is 3.15. The number of ketones is 1. The van der Waals surface area contributed by atoms with Crippen molar-refractivity contribution in [1.82, 2.24) is 5.32 Å². The summed E-state index contributed by atoms with van der Waals surface area (Å²) in [5.41, 5.74) is 2.87. The van der Waals surface area contributed by atoms with Crippen molar-refractivity contribution in [2.75, 3.05) is 13.7 Å². The fourth-order valence-electron chi connectivity index (χ4n) is 3.72. The van der Waals surface area contributed by atoms with E-state index >= 15 is 0 Å². The summed E-state index contributed by atoms with van der Waals surface area (Å²) < 4.78 is 10.5. The largest absolute Gasteiger partial charge is 0.503 e. The molecule has 1 aliphatic carbocycles. The van der Waals surface area contributed by atoms with E-state index in [0.717, 1.165) is 12.1 Å². The number of dihydropyridines is 1. The minimum absolute atomic E-state index is 0.0246. The Morgan fingerprint density at radius 2 is 2.18 bits per heavy atom. The van der Waals surface area contributed by atoms with Crippen LogP contribution in [-0.2, 0) is 14.3 Å². The molecule has 0 radical (unpaired) electrons. The number of methoxy groups -OCH3 is 1. The summed E-state index contributed by atoms with van der Waals surface area (Å²) >= 11 is 6.18. The molecule has 1 heterocycles. The number of nitrogens with one attached hydrogen (secondary N) is 1. The van der Waals surface area contributed by atoms with Crippen molar-refractivity contribution in [3.05, 3.63) is 57.9 Å². The van der Waals surface area contributed by atoms with Crippen LogP contribution in [0.5, 0.6) is 11.5 Å². The lowest BCUT2D eigenvalue weighted by atomic mass is 9.75. The van der Waals surface area contributed by atoms with Gasteiger partial charge < -0.3 is 19.9 Å². The molecule has 0 saturated heterocycles. The van der Waals surface area contributed by atoms with Gasteiger partial charge in [0.15, 0.2) is 17.3 Å². The Morgan fingerprint density at radius 1 is 1.43 bits per heavy atom. The molecular formula is C21H22ClNO5. The van der Waals surface area contributed by atoms with E-state index in [-0.39, 0.29) is 28.9 Å². The van der Waals surface area contributed by atoms with Crippen LogP contribution in [-0.4, -0.2) is 30.6 Å². The van der Waals surface area contributed by atoms with Gasteiger partial charge in [-0.3, -0.25) is 4.79 Å². The number of Topliss-reactive ketones (excluding diaryl/α,β-unsaturated/α-hetero) is 1. The number of phenolic OH excluding ortho intramolecular Hbond substituents is 1. The molecule has 1 aromatic carbocycles. The van der Waals surface area contributed by atoms with Gasteiger partial charge in [-0.15, -0.1) is 0 Å². The van der Waals surface area contributed by atoms with E-state index in [4.69, 9.17) is 21.1 Å². The van der Waals surface area contributed by atoms with Gasteiger partial charge in [-0.25, -0.2) is 4.79 Å². The molecule has 7 heteroatoms. The summed E-state index contributed by atoms with van der Waals surface area (Å²) in [6.45, 7) is 5.40. The lowest BCUT2D eigenvalue weighted by Crippen LogP contribution is -2.34. The molecule has 28 heavy (non-hydrogen) atoms. The second-order valence-electron chi connectivity index (χ2n) is 6.71. The van der Waals surface area contributed by atoms with Crippen molar-refractivity contribution in [3.63, 3.8) is 0 Å². The highest BCUT2D eigenvalue weighted by Crippen LogP contribution is 2.46. The number of carbonyl (C=O) groups excluding carboxylic acids is 2. The highest BCUT2D eigenvalue weighted by molar-refractivity contribution is 6.32. The number of ether oxygens (including phenoxy) is 2. The number of hydrogen-bond donors (Lipinski definition) is 2. The minimum Gasteiger partial charge on any atom is -0.503 e. The molecule has 0 saturated carbocycles. The third kappa shape index (κ3) is 3.52. The average Bonchev–Trinajstić information content (AvgIpc) is 2.67. The topological polar surface area (TPSA) is 84.9 Å². The lowest BCUT2D eigenvalue weighted by molar-refractivity contribution is -0.138. The molecule has 148 valence electrons. The number of allylic oxidation sites excluding steroid dienone is 3. The summed E-state index contributed by atoms with van der Waals surface area (Å²) in [7, 11) is 1.41. The van der Waals surface area contributed by atoms with Gasteiger partial charge in [0.05, 0.1) is 17.7 Å². The minimum atomic E-state index is -0.659. The Labute approximate surface area is 168 Å². The Bertz CT molecular complexity index is 916. The second kappa shape index (κ2) is 8.10. The van der Waals surface area contributed by atoms with Crippen molar-refractivity contribution in [2.24, 2.45) is 0 Å². The van der Waals surface area contributed by atoms with E-state index in [1.165, 1.54) is 13.2 Å². The van der Waals surface area contributed by atoms with Gasteiger partial charge in [-0.1, -0.05) is 24.3 Å². The predicted molar refractivity (Wildman–Crippen MR) is 105 cm³/mol. The first-order valence-corrected chi connectivity index (χ1v) is 9.35. The van der Waals surface area contributed by atoms with E-state index in [2.05, 4.69) is 11.9 Å². The number of carbonyl (C=O) groups is 2. The van der Waals surface area contributed by atoms with Crippen LogP contribution in [0, 0.1) is 0 Å². The van der Waals surface area contributed by atoms with Crippen LogP contribution >= 0.6 is 11.6 Å². The number of benzene rings is 1. The van der Waals surface area contributed by atoms with Gasteiger partial charge >= 0.3 is 5.97 Å². The fraction of sp³-hybridized carbons (Fsp3) is 0.333. The number of esters is 1. The maximum absolute atomic E-state index is 12.8. The monoisotopic (exact) mass is 403 g/mol. The highest BCUT2D eigenvalue weighted by Gasteiger charge is 2.39. The van der Waals surface area contributed by atoms with Gasteiger partial charge in [-0.05, 0) is 37.5 Å². The summed E-state index contributed by atoms with van der Waals surface area (Å²) in [4.78, 5) is 25.6. The third-order valence-electron chi connectivity index (χ3n) is 4.93. The zero-order chi connectivity index (χ0) is 20.4. The molecule has 3 rings (SSSR count). The third-order valence-corrected chi connectivity index (χ3v) is 5.22. The summed E-state index contributed by atoms with van der Waals surface area (Å²) in [5, 5.41) is 13.4. The van der Waals surface area contributed by atoms with Crippen LogP contribution in [0.1, 0.15) is 37.7 Å². The van der Waals surface area contributed by atoms with Crippen LogP contribution in [0.3, 0.4) is 0 Å². The molecule has 6 nitrogen and oxygen atoms in total. The average molecular weight is 404 g/mol. The van der Waals surface area contributed by atoms with Gasteiger partial charge in [0, 0.05) is 29.3 Å². The van der Waals surface area contributed by atoms with Crippen molar-refractivity contribution in [1.29, 1.82) is 0 Å². The van der Waals surface area contributed by atoms with Crippen molar-refractivity contribution >= 4 is 23.4 Å². The zero-order valence-corrected chi connectivity index (χ0v) is 16.6. The van der Waals surface area contributed by atoms with Gasteiger partial charge in [0.2, 0.25) is 0 Å². The molecule has 1 aromatic rings. The zero-order valence-electron chi connectivity index (χ0n) is 15.8. The smallest absolute Gasteiger partial charge is 0.337 e. The fourth-order valence-corrected chi connectivity index (χ4v) is 3.93. The number of halogens is 1. The van der Waals surface area contributed by atoms with Gasteiger partial charge in [0.25, 0.3) is 0 Å². The molecule has 0 spiro atoms. The van der Waals surface area contributed by atoms with Crippen LogP contribution in [0.25, 0.3) is 0 Å². The second-order valence-corrected chi connectivity index (χ2v) is 7.11. The van der Waals surface area contributed by atoms with Crippen LogP contribution in [0.2, 0.25) is 5.02 Å². The van der Waals surface area contributed by atoms with Gasteiger partial charge in [0.1, 0.15) is 6.61 Å². The molecular weight excluding hydrogens is 382 g/mol. The number of hydrogen-bond acceptors (Lipinski definition) is 6. The van der Waals surface area contributed by atoms with E-state index < -0.39 is 11.9 Å². The summed E-state index contributed by atoms with van der Waals surface area (Å²) in [6.07, 6.45) is 3.36. The predicted octanol–water partition coefficient (Wildman–Crippen LogP) is 3.75. The Kier molecular flexibility index (Phi) is 5.79. The highest BCUT2D eigenvalue weighted by atomic mass is 35.5. The van der Waals surface area contributed by atoms with Crippen molar-refractivity contribution in [3.8, 4) is 11.5 Å². The molecule has 1 aliphatic heterocycles. The molecule has 0 amide bonds. The maximum atomic E-state index is 12.8. The number of phenols is 1. The molecule has 0 unspecified atom stereocenters. The van der Waals surface area contributed by atoms with E-state index in [1.54, 1.807) is 19.1 Å². The molecule has 2 N–H and O–H groups in total. The molecule has 2 aliphatic rings. The van der Waals surface area contributed by atoms with Crippen LogP contribution < -0.4 is 10.1 Å². The SMILES string of the molecule is C=CCOC(=O)C1=C(C)NC2=C(C(=O)CCC2)[C@H]1c1cc(Cl)c(O)c(OC)c1. The number of rotatable bonds is 5. The normalized spacial score (nSPS) is 19.1. The molecule has 0 bridgehead atoms. The van der Waals surface area contributed by atoms with Crippen LogP contribution in [0.4, 0.5) is 0 Å². The first kappa shape index (κ1) is 20.0. The number of aromatic hydroxyl groups is 1. The van der Waals surface area contributed by atoms with E-state index in [0.29, 0.717) is 35.2 Å². The van der Waals surface area contributed by atoms with Crippen molar-refractivity contribution < 1.29 is 24.2 Å². The quantitative estimate of drug-likeness (QED) is 0.575. The Hall–Kier alpha value is -2.73. The summed E-state index contributed by atoms with van der Waals surface area (Å²) in [5.74, 6) is -1.25. The van der Waals surface area contributed by atoms with E-state index in [9.17, 15) is 14.7 Å². The Morgan fingerprint density at radius 3 is 2.86 bits per heavy atom. The molecule has 1 atom stereocenters. The lowest BCUT2D eigenvalue weighted by Gasteiger charge is -2.34. The van der Waals surface area contributed by atoms with Gasteiger partial charge in [-0.2, -0.15) is 0 Å². The molecule has 0 fully saturated rings. The van der Waals surface area contributed by atoms with Crippen LogP contribution in [0.15, 0.2) is 47.3 Å². The Balaban J connectivity index is 2.20. The van der Waals surface area contributed by atoms with Crippen molar-refractivity contribution in [2.45, 2.75) is 32.1 Å². The molecule has 0 aromatic heterocycles. The first-order chi connectivity index (χ1) is 13.4.